The van der Waals surface area contributed by atoms with Gasteiger partial charge in [-0.25, -0.2) is 9.97 Å². The number of aryl methyl sites for hydroxylation is 2. The molecular formula is C30H28ClF3N4O2. The van der Waals surface area contributed by atoms with Gasteiger partial charge in [0.1, 0.15) is 11.6 Å². The van der Waals surface area contributed by atoms with Crippen LogP contribution < -0.4 is 0 Å². The Kier molecular flexibility index (Phi) is 9.04. The van der Waals surface area contributed by atoms with Crippen molar-refractivity contribution in [1.29, 1.82) is 0 Å². The number of rotatable bonds is 9. The van der Waals surface area contributed by atoms with Crippen molar-refractivity contribution in [2.24, 2.45) is 0 Å². The third-order valence-corrected chi connectivity index (χ3v) is 6.70. The molecule has 10 heteroatoms. The van der Waals surface area contributed by atoms with Gasteiger partial charge in [0, 0.05) is 43.2 Å². The Labute approximate surface area is 235 Å². The quantitative estimate of drug-likeness (QED) is 0.232. The largest absolute Gasteiger partial charge is 0.506 e. The number of phenols is 1. The third kappa shape index (κ3) is 7.15. The van der Waals surface area contributed by atoms with Crippen LogP contribution in [0.25, 0.3) is 11.3 Å². The molecule has 6 nitrogen and oxygen atoms in total. The van der Waals surface area contributed by atoms with E-state index >= 15 is 0 Å². The molecule has 4 rings (SSSR count). The Hall–Kier alpha value is -3.98. The van der Waals surface area contributed by atoms with Gasteiger partial charge in [0.2, 0.25) is 0 Å². The van der Waals surface area contributed by atoms with Crippen molar-refractivity contribution in [2.45, 2.75) is 51.9 Å². The van der Waals surface area contributed by atoms with Crippen molar-refractivity contribution in [2.75, 3.05) is 0 Å². The average molecular weight is 569 g/mol. The molecule has 2 aromatic heterocycles. The van der Waals surface area contributed by atoms with Crippen LogP contribution >= 0.6 is 11.6 Å². The standard InChI is InChI=1S/C30H28ClF3N4O2/c1-19(2)38(29(40)23-17-35-13-11-24(23)30(32,33)34)18-21-6-3-7-22(15-21)26-12-14-36-28(37-26)8-4-5-20-9-10-27(39)25(31)16-20/h3,6-7,9-17,19,39H,4-5,8,18H2,1-2H3. The van der Waals surface area contributed by atoms with Crippen LogP contribution in [0.1, 0.15) is 53.1 Å². The lowest BCUT2D eigenvalue weighted by atomic mass is 10.0. The number of alkyl halides is 3. The van der Waals surface area contributed by atoms with Gasteiger partial charge in [-0.1, -0.05) is 35.9 Å². The van der Waals surface area contributed by atoms with Crippen molar-refractivity contribution in [3.8, 4) is 17.0 Å². The summed E-state index contributed by atoms with van der Waals surface area (Å²) in [4.78, 5) is 27.5. The highest BCUT2D eigenvalue weighted by Gasteiger charge is 2.36. The van der Waals surface area contributed by atoms with Crippen molar-refractivity contribution in [3.63, 3.8) is 0 Å². The number of carbonyl (C=O) groups excluding carboxylic acids is 1. The zero-order valence-electron chi connectivity index (χ0n) is 22.0. The fourth-order valence-corrected chi connectivity index (χ4v) is 4.52. The Morgan fingerprint density at radius 1 is 1.02 bits per heavy atom. The smallest absolute Gasteiger partial charge is 0.417 e. The lowest BCUT2D eigenvalue weighted by Crippen LogP contribution is -2.37. The number of hydrogen-bond acceptors (Lipinski definition) is 5. The van der Waals surface area contributed by atoms with E-state index in [1.165, 1.54) is 4.90 Å². The number of aromatic hydroxyl groups is 1. The molecule has 1 N–H and O–H groups in total. The second kappa shape index (κ2) is 12.5. The van der Waals surface area contributed by atoms with Gasteiger partial charge >= 0.3 is 6.18 Å². The molecule has 0 saturated heterocycles. The van der Waals surface area contributed by atoms with E-state index in [-0.39, 0.29) is 18.3 Å². The second-order valence-electron chi connectivity index (χ2n) is 9.64. The highest BCUT2D eigenvalue weighted by molar-refractivity contribution is 6.32. The van der Waals surface area contributed by atoms with E-state index in [0.717, 1.165) is 48.0 Å². The highest BCUT2D eigenvalue weighted by Crippen LogP contribution is 2.32. The van der Waals surface area contributed by atoms with Gasteiger partial charge in [-0.05, 0) is 68.1 Å². The van der Waals surface area contributed by atoms with Crippen LogP contribution in [-0.2, 0) is 25.6 Å². The number of aromatic nitrogens is 3. The Balaban J connectivity index is 1.49. The molecule has 0 unspecified atom stereocenters. The van der Waals surface area contributed by atoms with Gasteiger partial charge in [-0.2, -0.15) is 13.2 Å². The first-order valence-corrected chi connectivity index (χ1v) is 13.1. The average Bonchev–Trinajstić information content (AvgIpc) is 2.93. The molecule has 40 heavy (non-hydrogen) atoms. The molecule has 0 aliphatic carbocycles. The molecule has 208 valence electrons. The molecule has 0 aliphatic rings. The van der Waals surface area contributed by atoms with Gasteiger partial charge in [0.15, 0.2) is 0 Å². The van der Waals surface area contributed by atoms with Crippen molar-refractivity contribution in [3.05, 3.63) is 106 Å². The number of benzene rings is 2. The third-order valence-electron chi connectivity index (χ3n) is 6.40. The number of hydrogen-bond donors (Lipinski definition) is 1. The molecule has 0 saturated carbocycles. The molecule has 0 aliphatic heterocycles. The van der Waals surface area contributed by atoms with Crippen LogP contribution in [0.5, 0.6) is 5.75 Å². The zero-order chi connectivity index (χ0) is 28.9. The molecule has 4 aromatic rings. The van der Waals surface area contributed by atoms with E-state index in [9.17, 15) is 23.1 Å². The van der Waals surface area contributed by atoms with Crippen LogP contribution in [0.15, 0.2) is 73.2 Å². The van der Waals surface area contributed by atoms with Crippen molar-refractivity contribution >= 4 is 17.5 Å². The molecular weight excluding hydrogens is 541 g/mol. The lowest BCUT2D eigenvalue weighted by molar-refractivity contribution is -0.138. The van der Waals surface area contributed by atoms with Gasteiger partial charge in [-0.15, -0.1) is 0 Å². The summed E-state index contributed by atoms with van der Waals surface area (Å²) in [6.07, 6.45) is 1.18. The lowest BCUT2D eigenvalue weighted by Gasteiger charge is -2.28. The molecule has 0 atom stereocenters. The molecule has 2 heterocycles. The zero-order valence-corrected chi connectivity index (χ0v) is 22.7. The van der Waals surface area contributed by atoms with Gasteiger partial charge < -0.3 is 10.0 Å². The number of carbonyl (C=O) groups is 1. The molecule has 0 bridgehead atoms. The molecule has 2 aromatic carbocycles. The van der Waals surface area contributed by atoms with Gasteiger partial charge in [-0.3, -0.25) is 9.78 Å². The topological polar surface area (TPSA) is 79.2 Å². The van der Waals surface area contributed by atoms with E-state index in [2.05, 4.69) is 9.97 Å². The normalized spacial score (nSPS) is 11.6. The number of nitrogens with zero attached hydrogens (tertiary/aromatic N) is 4. The minimum absolute atomic E-state index is 0.0488. The summed E-state index contributed by atoms with van der Waals surface area (Å²) in [5.74, 6) is -0.0178. The molecule has 0 spiro atoms. The predicted molar refractivity (Wildman–Crippen MR) is 147 cm³/mol. The number of phenolic OH excluding ortho intramolecular Hbond substituents is 1. The predicted octanol–water partition coefficient (Wildman–Crippen LogP) is 7.14. The second-order valence-corrected chi connectivity index (χ2v) is 10.1. The van der Waals surface area contributed by atoms with Crippen molar-refractivity contribution in [1.82, 2.24) is 19.9 Å². The highest BCUT2D eigenvalue weighted by atomic mass is 35.5. The van der Waals surface area contributed by atoms with Crippen LogP contribution in [0.4, 0.5) is 13.2 Å². The first-order chi connectivity index (χ1) is 19.0. The van der Waals surface area contributed by atoms with E-state index in [1.54, 1.807) is 38.2 Å². The monoisotopic (exact) mass is 568 g/mol. The summed E-state index contributed by atoms with van der Waals surface area (Å²) in [6, 6.07) is 14.8. The summed E-state index contributed by atoms with van der Waals surface area (Å²) < 4.78 is 40.6. The Morgan fingerprint density at radius 2 is 1.82 bits per heavy atom. The number of amides is 1. The Morgan fingerprint density at radius 3 is 2.55 bits per heavy atom. The van der Waals surface area contributed by atoms with Gasteiger partial charge in [0.05, 0.1) is 21.8 Å². The molecule has 1 amide bonds. The maximum absolute atomic E-state index is 13.5. The summed E-state index contributed by atoms with van der Waals surface area (Å²) in [5.41, 5.74) is 1.78. The first-order valence-electron chi connectivity index (χ1n) is 12.7. The van der Waals surface area contributed by atoms with E-state index in [1.807, 2.05) is 30.3 Å². The SMILES string of the molecule is CC(C)N(Cc1cccc(-c2ccnc(CCCc3ccc(O)c(Cl)c3)n2)c1)C(=O)c1cnccc1C(F)(F)F. The van der Waals surface area contributed by atoms with Crippen LogP contribution in [0.2, 0.25) is 5.02 Å². The van der Waals surface area contributed by atoms with E-state index in [4.69, 9.17) is 16.6 Å². The van der Waals surface area contributed by atoms with Crippen LogP contribution in [0.3, 0.4) is 0 Å². The van der Waals surface area contributed by atoms with Crippen LogP contribution in [-0.4, -0.2) is 36.9 Å². The maximum atomic E-state index is 13.5. The maximum Gasteiger partial charge on any atom is 0.417 e. The minimum Gasteiger partial charge on any atom is -0.506 e. The number of pyridine rings is 1. The first kappa shape index (κ1) is 29.0. The minimum atomic E-state index is -4.67. The van der Waals surface area contributed by atoms with Gasteiger partial charge in [0.25, 0.3) is 5.91 Å². The van der Waals surface area contributed by atoms with Crippen molar-refractivity contribution < 1.29 is 23.1 Å². The summed E-state index contributed by atoms with van der Waals surface area (Å²) >= 11 is 5.99. The fraction of sp³-hybridized carbons (Fsp3) is 0.267. The van der Waals surface area contributed by atoms with E-state index in [0.29, 0.717) is 23.0 Å². The molecule has 0 radical (unpaired) electrons. The summed E-state index contributed by atoms with van der Waals surface area (Å²) in [5, 5.41) is 9.90. The van der Waals surface area contributed by atoms with Crippen LogP contribution in [0, 0.1) is 0 Å². The fourth-order valence-electron chi connectivity index (χ4n) is 4.32. The summed E-state index contributed by atoms with van der Waals surface area (Å²) in [6.45, 7) is 3.63. The summed E-state index contributed by atoms with van der Waals surface area (Å²) in [7, 11) is 0. The van der Waals surface area contributed by atoms with E-state index < -0.39 is 23.2 Å². The molecule has 0 fully saturated rings. The number of halogens is 4. The Bertz CT molecular complexity index is 1490.